The molecule has 2 aromatic carbocycles. The van der Waals surface area contributed by atoms with E-state index in [-0.39, 0.29) is 29.5 Å². The fourth-order valence-corrected chi connectivity index (χ4v) is 4.27. The number of anilines is 1. The van der Waals surface area contributed by atoms with Crippen LogP contribution in [0.1, 0.15) is 49.8 Å². The van der Waals surface area contributed by atoms with Gasteiger partial charge >= 0.3 is 5.92 Å². The van der Waals surface area contributed by atoms with Gasteiger partial charge in [-0.05, 0) is 36.8 Å². The van der Waals surface area contributed by atoms with Gasteiger partial charge in [0.15, 0.2) is 0 Å². The van der Waals surface area contributed by atoms with Crippen molar-refractivity contribution >= 4 is 29.3 Å². The van der Waals surface area contributed by atoms with Crippen molar-refractivity contribution in [3.8, 4) is 6.07 Å². The minimum Gasteiger partial charge on any atom is -0.378 e. The van der Waals surface area contributed by atoms with E-state index in [0.717, 1.165) is 25.1 Å². The summed E-state index contributed by atoms with van der Waals surface area (Å²) in [6, 6.07) is 7.45. The number of rotatable bonds is 10. The zero-order valence-electron chi connectivity index (χ0n) is 23.4. The summed E-state index contributed by atoms with van der Waals surface area (Å²) < 4.78 is 49.7. The highest BCUT2D eigenvalue weighted by molar-refractivity contribution is 5.98. The molecule has 3 atom stereocenters. The third kappa shape index (κ3) is 7.64. The van der Waals surface area contributed by atoms with E-state index in [0.29, 0.717) is 31.9 Å². The van der Waals surface area contributed by atoms with Crippen molar-refractivity contribution in [2.45, 2.75) is 51.1 Å². The Hall–Kier alpha value is -4.44. The lowest BCUT2D eigenvalue weighted by molar-refractivity contribution is -0.148. The van der Waals surface area contributed by atoms with E-state index in [1.807, 2.05) is 5.32 Å². The molecular formula is C29H32F3N5O5. The SMILES string of the molecule is CCC(=O)N[C@@H](C(=O)N1CCOCC1)[C@@H](C)c1ccc(NC(=O)[C@H](C)NC(=O)C(F)(F)c2cccc(C#N)c2)c(F)c1. The fraction of sp³-hybridized carbons (Fsp3) is 0.414. The second-order valence-corrected chi connectivity index (χ2v) is 9.82. The molecule has 4 amide bonds. The van der Waals surface area contributed by atoms with Crippen LogP contribution in [0.25, 0.3) is 0 Å². The van der Waals surface area contributed by atoms with Crippen molar-refractivity contribution in [2.24, 2.45) is 0 Å². The van der Waals surface area contributed by atoms with Crippen LogP contribution in [-0.4, -0.2) is 66.9 Å². The molecule has 1 saturated heterocycles. The quantitative estimate of drug-likeness (QED) is 0.391. The first-order valence-electron chi connectivity index (χ1n) is 13.3. The van der Waals surface area contributed by atoms with E-state index in [2.05, 4.69) is 10.6 Å². The third-order valence-electron chi connectivity index (χ3n) is 6.88. The predicted octanol–water partition coefficient (Wildman–Crippen LogP) is 2.79. The van der Waals surface area contributed by atoms with Crippen LogP contribution in [0.2, 0.25) is 0 Å². The number of nitrogens with one attached hydrogen (secondary N) is 3. The van der Waals surface area contributed by atoms with Gasteiger partial charge in [-0.25, -0.2) is 4.39 Å². The summed E-state index contributed by atoms with van der Waals surface area (Å²) in [6.07, 6.45) is 0.145. The molecule has 1 aliphatic heterocycles. The molecule has 0 radical (unpaired) electrons. The number of morpholine rings is 1. The van der Waals surface area contributed by atoms with Crippen LogP contribution >= 0.6 is 0 Å². The highest BCUT2D eigenvalue weighted by Crippen LogP contribution is 2.29. The van der Waals surface area contributed by atoms with Crippen molar-refractivity contribution < 1.29 is 37.1 Å². The van der Waals surface area contributed by atoms with Gasteiger partial charge in [0.05, 0.1) is 30.5 Å². The standard InChI is InChI=1S/C29H32F3N5O5/c1-4-24(38)36-25(27(40)37-10-12-42-13-11-37)17(2)20-8-9-23(22(30)15-20)35-26(39)18(3)34-28(41)29(31,32)21-7-5-6-19(14-21)16-33/h5-9,14-15,17-18,25H,4,10-13H2,1-3H3,(H,34,41)(H,35,39)(H,36,38)/t17-,18-,25+/m0/s1. The zero-order chi connectivity index (χ0) is 31.0. The van der Waals surface area contributed by atoms with Crippen molar-refractivity contribution in [3.63, 3.8) is 0 Å². The minimum absolute atomic E-state index is 0.0662. The summed E-state index contributed by atoms with van der Waals surface area (Å²) in [5.74, 6) is -8.95. The Balaban J connectivity index is 1.70. The number of ether oxygens (including phenoxy) is 1. The summed E-state index contributed by atoms with van der Waals surface area (Å²) in [4.78, 5) is 51.9. The molecule has 0 aromatic heterocycles. The summed E-state index contributed by atoms with van der Waals surface area (Å²) in [6.45, 7) is 5.90. The maximum atomic E-state index is 15.1. The Labute approximate surface area is 241 Å². The lowest BCUT2D eigenvalue weighted by Gasteiger charge is -2.33. The molecule has 0 bridgehead atoms. The Bertz CT molecular complexity index is 1370. The van der Waals surface area contributed by atoms with Crippen molar-refractivity contribution in [2.75, 3.05) is 31.6 Å². The zero-order valence-corrected chi connectivity index (χ0v) is 23.4. The smallest absolute Gasteiger partial charge is 0.349 e. The Morgan fingerprint density at radius 1 is 1.07 bits per heavy atom. The van der Waals surface area contributed by atoms with Crippen LogP contribution in [0.5, 0.6) is 0 Å². The Morgan fingerprint density at radius 2 is 1.76 bits per heavy atom. The maximum Gasteiger partial charge on any atom is 0.349 e. The van der Waals surface area contributed by atoms with Crippen LogP contribution in [-0.2, 0) is 29.8 Å². The molecule has 3 N–H and O–H groups in total. The summed E-state index contributed by atoms with van der Waals surface area (Å²) in [7, 11) is 0. The number of benzene rings is 2. The largest absolute Gasteiger partial charge is 0.378 e. The predicted molar refractivity (Wildman–Crippen MR) is 146 cm³/mol. The summed E-state index contributed by atoms with van der Waals surface area (Å²) >= 11 is 0. The van der Waals surface area contributed by atoms with Gasteiger partial charge in [0.1, 0.15) is 17.9 Å². The van der Waals surface area contributed by atoms with Crippen molar-refractivity contribution in [1.29, 1.82) is 5.26 Å². The average Bonchev–Trinajstić information content (AvgIpc) is 3.00. The number of hydrogen-bond acceptors (Lipinski definition) is 6. The molecule has 1 heterocycles. The van der Waals surface area contributed by atoms with Crippen LogP contribution in [0.3, 0.4) is 0 Å². The second kappa shape index (κ2) is 14.0. The molecule has 13 heteroatoms. The first-order chi connectivity index (χ1) is 19.9. The maximum absolute atomic E-state index is 15.1. The van der Waals surface area contributed by atoms with E-state index in [1.165, 1.54) is 24.3 Å². The van der Waals surface area contributed by atoms with Crippen LogP contribution < -0.4 is 16.0 Å². The lowest BCUT2D eigenvalue weighted by atomic mass is 9.91. The van der Waals surface area contributed by atoms with Crippen LogP contribution in [0.15, 0.2) is 42.5 Å². The molecular weight excluding hydrogens is 555 g/mol. The van der Waals surface area contributed by atoms with Gasteiger partial charge in [0, 0.05) is 31.0 Å². The molecule has 1 aliphatic rings. The van der Waals surface area contributed by atoms with Gasteiger partial charge < -0.3 is 25.6 Å². The highest BCUT2D eigenvalue weighted by Gasteiger charge is 2.42. The molecule has 2 aromatic rings. The number of hydrogen-bond donors (Lipinski definition) is 3. The van der Waals surface area contributed by atoms with E-state index in [1.54, 1.807) is 24.8 Å². The molecule has 10 nitrogen and oxygen atoms in total. The van der Waals surface area contributed by atoms with E-state index in [4.69, 9.17) is 10.00 Å². The number of alkyl halides is 2. The number of amides is 4. The highest BCUT2D eigenvalue weighted by atomic mass is 19.3. The topological polar surface area (TPSA) is 141 Å². The first-order valence-corrected chi connectivity index (χ1v) is 13.3. The number of carbonyl (C=O) groups is 4. The van der Waals surface area contributed by atoms with Gasteiger partial charge in [-0.1, -0.05) is 32.0 Å². The molecule has 0 unspecified atom stereocenters. The second-order valence-electron chi connectivity index (χ2n) is 9.82. The number of nitrogens with zero attached hydrogens (tertiary/aromatic N) is 2. The molecule has 0 saturated carbocycles. The van der Waals surface area contributed by atoms with E-state index < -0.39 is 47.1 Å². The van der Waals surface area contributed by atoms with Gasteiger partial charge in [0.2, 0.25) is 17.7 Å². The Kier molecular flexibility index (Phi) is 10.7. The molecule has 3 rings (SSSR count). The summed E-state index contributed by atoms with van der Waals surface area (Å²) in [5, 5.41) is 15.8. The third-order valence-corrected chi connectivity index (χ3v) is 6.88. The molecule has 0 spiro atoms. The molecule has 0 aliphatic carbocycles. The van der Waals surface area contributed by atoms with Crippen molar-refractivity contribution in [3.05, 3.63) is 65.0 Å². The monoisotopic (exact) mass is 587 g/mol. The molecule has 42 heavy (non-hydrogen) atoms. The summed E-state index contributed by atoms with van der Waals surface area (Å²) in [5.41, 5.74) is -0.695. The van der Waals surface area contributed by atoms with E-state index >= 15 is 4.39 Å². The van der Waals surface area contributed by atoms with E-state index in [9.17, 15) is 28.0 Å². The minimum atomic E-state index is -4.03. The fourth-order valence-electron chi connectivity index (χ4n) is 4.27. The van der Waals surface area contributed by atoms with Crippen LogP contribution in [0, 0.1) is 17.1 Å². The van der Waals surface area contributed by atoms with Crippen molar-refractivity contribution in [1.82, 2.24) is 15.5 Å². The first kappa shape index (κ1) is 32.1. The number of nitriles is 1. The average molecular weight is 588 g/mol. The van der Waals surface area contributed by atoms with Gasteiger partial charge in [-0.2, -0.15) is 14.0 Å². The number of halogens is 3. The van der Waals surface area contributed by atoms with Gasteiger partial charge in [-0.15, -0.1) is 0 Å². The molecule has 1 fully saturated rings. The van der Waals surface area contributed by atoms with Gasteiger partial charge in [-0.3, -0.25) is 19.2 Å². The van der Waals surface area contributed by atoms with Crippen LogP contribution in [0.4, 0.5) is 18.9 Å². The van der Waals surface area contributed by atoms with Gasteiger partial charge in [0.25, 0.3) is 5.91 Å². The lowest BCUT2D eigenvalue weighted by Crippen LogP contribution is -2.53. The number of carbonyl (C=O) groups excluding carboxylic acids is 4. The molecule has 224 valence electrons. The Morgan fingerprint density at radius 3 is 2.38 bits per heavy atom. The normalized spacial score (nSPS) is 15.5.